The van der Waals surface area contributed by atoms with Crippen LogP contribution in [0.3, 0.4) is 0 Å². The molecule has 26 heavy (non-hydrogen) atoms. The number of hydrogen-bond donors (Lipinski definition) is 1. The smallest absolute Gasteiger partial charge is 0.262 e. The predicted octanol–water partition coefficient (Wildman–Crippen LogP) is 3.84. The Balaban J connectivity index is 1.57. The minimum absolute atomic E-state index is 0.0504. The molecule has 132 valence electrons. The Kier molecular flexibility index (Phi) is 5.17. The molecule has 5 nitrogen and oxygen atoms in total. The van der Waals surface area contributed by atoms with Gasteiger partial charge in [0.05, 0.1) is 0 Å². The molecule has 0 aliphatic rings. The molecule has 3 aromatic carbocycles. The maximum absolute atomic E-state index is 12.1. The molecule has 3 rings (SSSR count). The predicted molar refractivity (Wildman–Crippen MR) is 104 cm³/mol. The molecule has 0 radical (unpaired) electrons. The van der Waals surface area contributed by atoms with Crippen LogP contribution in [0.5, 0.6) is 5.75 Å². The molecular formula is C21H20N2O3. The normalized spacial score (nSPS) is 10.4. The summed E-state index contributed by atoms with van der Waals surface area (Å²) in [6, 6.07) is 20.8. The van der Waals surface area contributed by atoms with Crippen molar-refractivity contribution in [3.8, 4) is 5.75 Å². The maximum atomic E-state index is 12.1. The van der Waals surface area contributed by atoms with Crippen molar-refractivity contribution < 1.29 is 14.3 Å². The third-order valence-electron chi connectivity index (χ3n) is 4.10. The van der Waals surface area contributed by atoms with Gasteiger partial charge in [0.2, 0.25) is 5.91 Å². The summed E-state index contributed by atoms with van der Waals surface area (Å²) >= 11 is 0. The number of carbonyl (C=O) groups excluding carboxylic acids is 2. The van der Waals surface area contributed by atoms with Crippen LogP contribution in [0.25, 0.3) is 10.8 Å². The number of ether oxygens (including phenoxy) is 1. The number of hydrogen-bond acceptors (Lipinski definition) is 3. The van der Waals surface area contributed by atoms with E-state index in [0.29, 0.717) is 11.4 Å². The van der Waals surface area contributed by atoms with Gasteiger partial charge in [-0.2, -0.15) is 0 Å². The lowest BCUT2D eigenvalue weighted by molar-refractivity contribution is -0.118. The first kappa shape index (κ1) is 17.5. The highest BCUT2D eigenvalue weighted by Crippen LogP contribution is 2.21. The molecule has 3 aromatic rings. The van der Waals surface area contributed by atoms with Crippen molar-refractivity contribution in [2.24, 2.45) is 0 Å². The van der Waals surface area contributed by atoms with Gasteiger partial charge in [-0.15, -0.1) is 0 Å². The van der Waals surface area contributed by atoms with Gasteiger partial charge in [0.1, 0.15) is 5.75 Å². The summed E-state index contributed by atoms with van der Waals surface area (Å²) in [5, 5.41) is 4.97. The molecule has 0 fully saturated rings. The molecule has 0 spiro atoms. The molecule has 0 unspecified atom stereocenters. The van der Waals surface area contributed by atoms with Gasteiger partial charge in [0, 0.05) is 25.3 Å². The third-order valence-corrected chi connectivity index (χ3v) is 4.10. The number of anilines is 2. The monoisotopic (exact) mass is 348 g/mol. The van der Waals surface area contributed by atoms with Crippen LogP contribution >= 0.6 is 0 Å². The van der Waals surface area contributed by atoms with E-state index in [-0.39, 0.29) is 18.4 Å². The molecule has 0 aromatic heterocycles. The van der Waals surface area contributed by atoms with Gasteiger partial charge in [-0.1, -0.05) is 30.3 Å². The number of amides is 2. The second-order valence-corrected chi connectivity index (χ2v) is 5.97. The second kappa shape index (κ2) is 7.70. The minimum Gasteiger partial charge on any atom is -0.484 e. The molecule has 0 bridgehead atoms. The zero-order valence-corrected chi connectivity index (χ0v) is 14.7. The third kappa shape index (κ3) is 4.19. The molecule has 0 saturated carbocycles. The number of rotatable bonds is 5. The fraction of sp³-hybridized carbons (Fsp3) is 0.143. The fourth-order valence-corrected chi connectivity index (χ4v) is 2.55. The van der Waals surface area contributed by atoms with Crippen LogP contribution in [0.4, 0.5) is 11.4 Å². The van der Waals surface area contributed by atoms with Crippen LogP contribution in [0, 0.1) is 0 Å². The number of nitrogens with one attached hydrogen (secondary N) is 1. The fourth-order valence-electron chi connectivity index (χ4n) is 2.55. The molecule has 0 aliphatic heterocycles. The van der Waals surface area contributed by atoms with Crippen molar-refractivity contribution in [3.63, 3.8) is 0 Å². The van der Waals surface area contributed by atoms with Gasteiger partial charge in [0.25, 0.3) is 5.91 Å². The van der Waals surface area contributed by atoms with E-state index in [1.165, 1.54) is 11.8 Å². The SMILES string of the molecule is CC(=O)N(C)c1ccc(NC(=O)COc2ccc3ccccc3c2)cc1. The van der Waals surface area contributed by atoms with Crippen LogP contribution in [0.2, 0.25) is 0 Å². The Hall–Kier alpha value is -3.34. The summed E-state index contributed by atoms with van der Waals surface area (Å²) in [5.74, 6) is 0.355. The lowest BCUT2D eigenvalue weighted by atomic mass is 10.1. The van der Waals surface area contributed by atoms with Gasteiger partial charge in [0.15, 0.2) is 6.61 Å². The number of fused-ring (bicyclic) bond motifs is 1. The molecule has 0 atom stereocenters. The van der Waals surface area contributed by atoms with Gasteiger partial charge in [-0.3, -0.25) is 9.59 Å². The Morgan fingerprint density at radius 2 is 1.65 bits per heavy atom. The highest BCUT2D eigenvalue weighted by atomic mass is 16.5. The summed E-state index contributed by atoms with van der Waals surface area (Å²) in [6.45, 7) is 1.42. The van der Waals surface area contributed by atoms with Crippen LogP contribution in [0.1, 0.15) is 6.92 Å². The van der Waals surface area contributed by atoms with Crippen molar-refractivity contribution in [1.82, 2.24) is 0 Å². The summed E-state index contributed by atoms with van der Waals surface area (Å²) in [5.41, 5.74) is 1.42. The first-order valence-electron chi connectivity index (χ1n) is 8.29. The summed E-state index contributed by atoms with van der Waals surface area (Å²) in [7, 11) is 1.70. The molecule has 1 N–H and O–H groups in total. The average Bonchev–Trinajstić information content (AvgIpc) is 2.66. The molecular weight excluding hydrogens is 328 g/mol. The average molecular weight is 348 g/mol. The summed E-state index contributed by atoms with van der Waals surface area (Å²) in [6.07, 6.45) is 0. The molecule has 2 amide bonds. The Bertz CT molecular complexity index is 935. The highest BCUT2D eigenvalue weighted by Gasteiger charge is 2.07. The zero-order valence-electron chi connectivity index (χ0n) is 14.7. The highest BCUT2D eigenvalue weighted by molar-refractivity contribution is 5.93. The van der Waals surface area contributed by atoms with Crippen LogP contribution in [0.15, 0.2) is 66.7 Å². The van der Waals surface area contributed by atoms with Crippen molar-refractivity contribution >= 4 is 34.0 Å². The van der Waals surface area contributed by atoms with Gasteiger partial charge in [-0.25, -0.2) is 0 Å². The largest absolute Gasteiger partial charge is 0.484 e. The molecule has 0 heterocycles. The second-order valence-electron chi connectivity index (χ2n) is 5.97. The summed E-state index contributed by atoms with van der Waals surface area (Å²) < 4.78 is 5.58. The van der Waals surface area contributed by atoms with Crippen LogP contribution in [-0.2, 0) is 9.59 Å². The first-order valence-corrected chi connectivity index (χ1v) is 8.29. The van der Waals surface area contributed by atoms with E-state index < -0.39 is 0 Å². The van der Waals surface area contributed by atoms with Gasteiger partial charge in [-0.05, 0) is 47.2 Å². The zero-order chi connectivity index (χ0) is 18.5. The van der Waals surface area contributed by atoms with E-state index in [2.05, 4.69) is 5.32 Å². The molecule has 0 aliphatic carbocycles. The quantitative estimate of drug-likeness (QED) is 0.762. The van der Waals surface area contributed by atoms with Gasteiger partial charge < -0.3 is 15.0 Å². The lowest BCUT2D eigenvalue weighted by Gasteiger charge is -2.15. The maximum Gasteiger partial charge on any atom is 0.262 e. The van der Waals surface area contributed by atoms with E-state index in [4.69, 9.17) is 4.74 Å². The van der Waals surface area contributed by atoms with E-state index in [1.807, 2.05) is 42.5 Å². The van der Waals surface area contributed by atoms with Crippen molar-refractivity contribution in [1.29, 1.82) is 0 Å². The standard InChI is InChI=1S/C21H20N2O3/c1-15(24)23(2)19-10-8-18(9-11-19)22-21(25)14-26-20-12-7-16-5-3-4-6-17(16)13-20/h3-13H,14H2,1-2H3,(H,22,25). The van der Waals surface area contributed by atoms with Crippen molar-refractivity contribution in [3.05, 3.63) is 66.7 Å². The van der Waals surface area contributed by atoms with Gasteiger partial charge >= 0.3 is 0 Å². The topological polar surface area (TPSA) is 58.6 Å². The molecule has 0 saturated heterocycles. The molecule has 5 heteroatoms. The van der Waals surface area contributed by atoms with Crippen LogP contribution in [-0.4, -0.2) is 25.5 Å². The Labute approximate surface area is 152 Å². The minimum atomic E-state index is -0.245. The van der Waals surface area contributed by atoms with Crippen molar-refractivity contribution in [2.45, 2.75) is 6.92 Å². The number of benzene rings is 3. The lowest BCUT2D eigenvalue weighted by Crippen LogP contribution is -2.23. The Morgan fingerprint density at radius 3 is 2.35 bits per heavy atom. The van der Waals surface area contributed by atoms with E-state index in [1.54, 1.807) is 31.3 Å². The van der Waals surface area contributed by atoms with Crippen LogP contribution < -0.4 is 15.0 Å². The summed E-state index contributed by atoms with van der Waals surface area (Å²) in [4.78, 5) is 25.0. The Morgan fingerprint density at radius 1 is 0.962 bits per heavy atom. The number of carbonyl (C=O) groups is 2. The number of nitrogens with zero attached hydrogens (tertiary/aromatic N) is 1. The first-order chi connectivity index (χ1) is 12.5. The van der Waals surface area contributed by atoms with Crippen molar-refractivity contribution in [2.75, 3.05) is 23.9 Å². The van der Waals surface area contributed by atoms with E-state index >= 15 is 0 Å². The van der Waals surface area contributed by atoms with E-state index in [0.717, 1.165) is 16.5 Å². The van der Waals surface area contributed by atoms with E-state index in [9.17, 15) is 9.59 Å².